The summed E-state index contributed by atoms with van der Waals surface area (Å²) < 4.78 is 4.77. The number of rotatable bonds is 5. The fourth-order valence-corrected chi connectivity index (χ4v) is 2.07. The van der Waals surface area contributed by atoms with Crippen LogP contribution in [0.1, 0.15) is 5.56 Å². The lowest BCUT2D eigenvalue weighted by molar-refractivity contribution is -0.383. The van der Waals surface area contributed by atoms with Crippen molar-refractivity contribution in [2.24, 2.45) is 5.73 Å². The molecule has 0 aliphatic carbocycles. The number of nitro benzene ring substituents is 1. The molecule has 21 heavy (non-hydrogen) atoms. The van der Waals surface area contributed by atoms with Crippen LogP contribution < -0.4 is 10.5 Å². The number of fused-ring (bicyclic) bond motifs is 1. The number of nitriles is 1. The molecule has 0 aliphatic rings. The van der Waals surface area contributed by atoms with Crippen molar-refractivity contribution in [1.82, 2.24) is 4.98 Å². The summed E-state index contributed by atoms with van der Waals surface area (Å²) in [7, 11) is 0. The first-order valence-corrected chi connectivity index (χ1v) is 5.92. The molecule has 0 bridgehead atoms. The normalized spacial score (nSPS) is 11.8. The van der Waals surface area contributed by atoms with Crippen LogP contribution in [0.15, 0.2) is 30.7 Å². The van der Waals surface area contributed by atoms with Gasteiger partial charge in [0, 0.05) is 12.3 Å². The van der Waals surface area contributed by atoms with Gasteiger partial charge in [-0.2, -0.15) is 0 Å². The van der Waals surface area contributed by atoms with Crippen LogP contribution in [0.2, 0.25) is 0 Å². The molecule has 2 aromatic rings. The molecule has 2 rings (SSSR count). The highest BCUT2D eigenvalue weighted by molar-refractivity contribution is 5.96. The van der Waals surface area contributed by atoms with Crippen LogP contribution in [0.4, 0.5) is 5.69 Å². The number of aliphatic hydroxyl groups is 1. The van der Waals surface area contributed by atoms with Gasteiger partial charge >= 0.3 is 0 Å². The van der Waals surface area contributed by atoms with Gasteiger partial charge in [-0.05, 0) is 18.1 Å². The summed E-state index contributed by atoms with van der Waals surface area (Å²) in [5.74, 6) is -0.0304. The molecule has 1 atom stereocenters. The Balaban J connectivity index is 2.62. The second-order valence-electron chi connectivity index (χ2n) is 4.40. The molecule has 0 saturated heterocycles. The Labute approximate surface area is 119 Å². The van der Waals surface area contributed by atoms with Gasteiger partial charge in [0.1, 0.15) is 5.76 Å². The van der Waals surface area contributed by atoms with Crippen molar-refractivity contribution in [2.45, 2.75) is 12.5 Å². The topological polar surface area (TPSA) is 138 Å². The van der Waals surface area contributed by atoms with Crippen molar-refractivity contribution in [3.05, 3.63) is 46.3 Å². The van der Waals surface area contributed by atoms with Crippen LogP contribution in [0.25, 0.3) is 10.9 Å². The van der Waals surface area contributed by atoms with E-state index in [2.05, 4.69) is 11.6 Å². The molecule has 8 nitrogen and oxygen atoms in total. The molecular weight excluding hydrogens is 276 g/mol. The predicted octanol–water partition coefficient (Wildman–Crippen LogP) is 1.88. The minimum Gasteiger partial charge on any atom is -0.511 e. The molecule has 0 radical (unpaired) electrons. The molecule has 0 fully saturated rings. The van der Waals surface area contributed by atoms with Gasteiger partial charge in [0.15, 0.2) is 5.75 Å². The molecule has 1 unspecified atom stereocenters. The first-order valence-electron chi connectivity index (χ1n) is 5.92. The lowest BCUT2D eigenvalue weighted by Crippen LogP contribution is -2.24. The van der Waals surface area contributed by atoms with Crippen LogP contribution in [0, 0.1) is 21.6 Å². The second kappa shape index (κ2) is 5.52. The number of nitrogens with two attached hydrogens (primary N) is 1. The van der Waals surface area contributed by atoms with E-state index in [1.54, 1.807) is 0 Å². The number of nitro groups is 1. The summed E-state index contributed by atoms with van der Waals surface area (Å²) in [4.78, 5) is 13.4. The van der Waals surface area contributed by atoms with Crippen molar-refractivity contribution in [3.8, 4) is 12.0 Å². The quantitative estimate of drug-likeness (QED) is 0.332. The number of nitrogens with one attached hydrogen (secondary N) is 1. The molecule has 1 heterocycles. The zero-order chi connectivity index (χ0) is 15.6. The summed E-state index contributed by atoms with van der Waals surface area (Å²) in [5, 5.41) is 29.3. The highest BCUT2D eigenvalue weighted by Crippen LogP contribution is 2.35. The minimum absolute atomic E-state index is 0.137. The number of aromatic nitrogens is 1. The zero-order valence-corrected chi connectivity index (χ0v) is 10.9. The van der Waals surface area contributed by atoms with E-state index in [0.29, 0.717) is 16.5 Å². The zero-order valence-electron chi connectivity index (χ0n) is 10.9. The van der Waals surface area contributed by atoms with Crippen molar-refractivity contribution >= 4 is 16.6 Å². The standard InChI is InChI=1S/C13H12N4O4/c1-7(18)9(15)4-8-5-16-13-11(21-6-14)3-2-10(12(8)13)17(19)20/h2-3,5,9,16,18H,1,4,15H2. The van der Waals surface area contributed by atoms with E-state index in [9.17, 15) is 15.2 Å². The molecule has 0 aliphatic heterocycles. The first kappa shape index (κ1) is 14.4. The highest BCUT2D eigenvalue weighted by Gasteiger charge is 2.22. The molecule has 8 heteroatoms. The number of hydrogen-bond acceptors (Lipinski definition) is 6. The predicted molar refractivity (Wildman–Crippen MR) is 74.6 cm³/mol. The van der Waals surface area contributed by atoms with Crippen LogP contribution in [-0.2, 0) is 6.42 Å². The SMILES string of the molecule is C=C(O)C(N)Cc1c[nH]c2c(OC#N)ccc([N+](=O)[O-])c12. The third-order valence-electron chi connectivity index (χ3n) is 3.08. The van der Waals surface area contributed by atoms with Crippen LogP contribution in [0.3, 0.4) is 0 Å². The molecule has 0 saturated carbocycles. The van der Waals surface area contributed by atoms with Crippen molar-refractivity contribution < 1.29 is 14.8 Å². The number of benzene rings is 1. The maximum Gasteiger partial charge on any atom is 0.292 e. The van der Waals surface area contributed by atoms with Crippen molar-refractivity contribution in [1.29, 1.82) is 5.26 Å². The number of non-ortho nitro benzene ring substituents is 1. The van der Waals surface area contributed by atoms with Gasteiger partial charge in [-0.1, -0.05) is 6.58 Å². The number of aromatic amines is 1. The van der Waals surface area contributed by atoms with Gasteiger partial charge in [0.05, 0.1) is 21.9 Å². The van der Waals surface area contributed by atoms with E-state index in [-0.39, 0.29) is 23.6 Å². The van der Waals surface area contributed by atoms with E-state index >= 15 is 0 Å². The van der Waals surface area contributed by atoms with Crippen LogP contribution in [-0.4, -0.2) is 21.1 Å². The van der Waals surface area contributed by atoms with Crippen molar-refractivity contribution in [2.75, 3.05) is 0 Å². The van der Waals surface area contributed by atoms with E-state index in [1.807, 2.05) is 0 Å². The van der Waals surface area contributed by atoms with Gasteiger partial charge in [-0.3, -0.25) is 10.1 Å². The van der Waals surface area contributed by atoms with E-state index in [1.165, 1.54) is 24.6 Å². The molecule has 1 aromatic carbocycles. The Morgan fingerprint density at radius 1 is 1.67 bits per heavy atom. The number of nitrogens with zero attached hydrogens (tertiary/aromatic N) is 2. The molecule has 0 amide bonds. The summed E-state index contributed by atoms with van der Waals surface area (Å²) >= 11 is 0. The van der Waals surface area contributed by atoms with Gasteiger partial charge in [-0.15, -0.1) is 5.26 Å². The summed E-state index contributed by atoms with van der Waals surface area (Å²) in [6.07, 6.45) is 3.22. The molecule has 0 spiro atoms. The maximum absolute atomic E-state index is 11.1. The number of H-pyrrole nitrogens is 1. The molecule has 1 aromatic heterocycles. The molecule has 4 N–H and O–H groups in total. The Bertz CT molecular complexity index is 759. The lowest BCUT2D eigenvalue weighted by Gasteiger charge is -2.09. The summed E-state index contributed by atoms with van der Waals surface area (Å²) in [5.41, 5.74) is 6.43. The molecule has 108 valence electrons. The number of aliphatic hydroxyl groups excluding tert-OH is 1. The third kappa shape index (κ3) is 2.63. The average Bonchev–Trinajstić information content (AvgIpc) is 2.83. The lowest BCUT2D eigenvalue weighted by atomic mass is 10.0. The van der Waals surface area contributed by atoms with Gasteiger partial charge in [0.2, 0.25) is 0 Å². The highest BCUT2D eigenvalue weighted by atomic mass is 16.6. The second-order valence-corrected chi connectivity index (χ2v) is 4.40. The Kier molecular flexibility index (Phi) is 3.77. The number of hydrogen-bond donors (Lipinski definition) is 3. The van der Waals surface area contributed by atoms with E-state index < -0.39 is 11.0 Å². The Hall–Kier alpha value is -3.05. The molecular formula is C13H12N4O4. The van der Waals surface area contributed by atoms with E-state index in [0.717, 1.165) is 0 Å². The maximum atomic E-state index is 11.1. The first-order chi connectivity index (χ1) is 9.95. The Morgan fingerprint density at radius 2 is 2.38 bits per heavy atom. The summed E-state index contributed by atoms with van der Waals surface area (Å²) in [6.45, 7) is 3.34. The fraction of sp³-hybridized carbons (Fsp3) is 0.154. The van der Waals surface area contributed by atoms with Crippen LogP contribution >= 0.6 is 0 Å². The van der Waals surface area contributed by atoms with Crippen molar-refractivity contribution in [3.63, 3.8) is 0 Å². The smallest absolute Gasteiger partial charge is 0.292 e. The third-order valence-corrected chi connectivity index (χ3v) is 3.08. The van der Waals surface area contributed by atoms with Gasteiger partial charge in [0.25, 0.3) is 11.9 Å². The average molecular weight is 288 g/mol. The Morgan fingerprint density at radius 3 is 2.95 bits per heavy atom. The monoisotopic (exact) mass is 288 g/mol. The largest absolute Gasteiger partial charge is 0.511 e. The van der Waals surface area contributed by atoms with Gasteiger partial charge in [-0.25, -0.2) is 0 Å². The van der Waals surface area contributed by atoms with Gasteiger partial charge < -0.3 is 20.6 Å². The minimum atomic E-state index is -0.746. The summed E-state index contributed by atoms with van der Waals surface area (Å²) in [6, 6.07) is 1.85. The van der Waals surface area contributed by atoms with E-state index in [4.69, 9.17) is 15.7 Å². The fourth-order valence-electron chi connectivity index (χ4n) is 2.07. The number of ether oxygens (including phenoxy) is 1. The van der Waals surface area contributed by atoms with Crippen LogP contribution in [0.5, 0.6) is 5.75 Å².